The van der Waals surface area contributed by atoms with Crippen molar-refractivity contribution < 1.29 is 80.2 Å². The molecule has 0 saturated heterocycles. The Hall–Kier alpha value is -1.94. The van der Waals surface area contributed by atoms with Gasteiger partial charge in [0.2, 0.25) is 0 Å². The largest absolute Gasteiger partial charge is 0.472 e. The van der Waals surface area contributed by atoms with Crippen LogP contribution in [0, 0.1) is 17.8 Å². The van der Waals surface area contributed by atoms with Crippen LogP contribution >= 0.6 is 15.6 Å². The molecule has 6 atom stereocenters. The van der Waals surface area contributed by atoms with E-state index in [1.165, 1.54) is 173 Å². The molecule has 0 saturated carbocycles. The minimum Gasteiger partial charge on any atom is -0.462 e. The Balaban J connectivity index is 5.26. The summed E-state index contributed by atoms with van der Waals surface area (Å²) in [4.78, 5) is 72.7. The molecule has 0 aliphatic heterocycles. The topological polar surface area (TPSA) is 237 Å². The molecule has 3 unspecified atom stereocenters. The maximum absolute atomic E-state index is 13.1. The van der Waals surface area contributed by atoms with Gasteiger partial charge in [0.1, 0.15) is 19.3 Å². The fourth-order valence-corrected chi connectivity index (χ4v) is 12.6. The van der Waals surface area contributed by atoms with E-state index in [9.17, 15) is 43.2 Å². The van der Waals surface area contributed by atoms with E-state index >= 15 is 0 Å². The van der Waals surface area contributed by atoms with Crippen LogP contribution in [-0.4, -0.2) is 96.7 Å². The standard InChI is InChI=1S/C73H142O17P2/c1-8-10-11-12-13-14-15-22-28-33-42-49-56-72(77)90-69(61-84-71(76)55-48-41-36-35-39-46-53-66(7)9-2)63-88-92(81,82)86-59-67(74)58-85-91(79,80)87-62-68(60-83-70(75)54-47-40-32-27-24-19-21-26-31-38-45-52-65(5)6)89-73(78)57-50-43-34-29-23-18-16-17-20-25-30-37-44-51-64(3)4/h64-69,74H,8-63H2,1-7H3,(H,79,80)(H,81,82)/t66?,67-,68-,69-/m1/s1. The van der Waals surface area contributed by atoms with Crippen LogP contribution in [0.3, 0.4) is 0 Å². The second kappa shape index (κ2) is 63.8. The number of phosphoric ester groups is 2. The SMILES string of the molecule is CCCCCCCCCCCCCCC(=O)O[C@H](COC(=O)CCCCCCCCC(C)CC)COP(=O)(O)OC[C@H](O)COP(=O)(O)OC[C@@H](COC(=O)CCCCCCCCCCCCCC(C)C)OC(=O)CCCCCCCCCCCCCCCC(C)C. The lowest BCUT2D eigenvalue weighted by Crippen LogP contribution is -2.30. The van der Waals surface area contributed by atoms with Gasteiger partial charge in [0.15, 0.2) is 12.2 Å². The van der Waals surface area contributed by atoms with E-state index in [1.807, 2.05) is 0 Å². The molecule has 546 valence electrons. The number of ether oxygens (including phenoxy) is 4. The number of rotatable bonds is 71. The van der Waals surface area contributed by atoms with Crippen LogP contribution in [0.15, 0.2) is 0 Å². The average molecular weight is 1350 g/mol. The number of unbranched alkanes of at least 4 members (excludes halogenated alkanes) is 38. The van der Waals surface area contributed by atoms with Gasteiger partial charge < -0.3 is 33.8 Å². The second-order valence-electron chi connectivity index (χ2n) is 27.5. The minimum absolute atomic E-state index is 0.106. The molecular weight excluding hydrogens is 1210 g/mol. The highest BCUT2D eigenvalue weighted by molar-refractivity contribution is 7.47. The Morgan fingerprint density at radius 1 is 0.315 bits per heavy atom. The number of phosphoric acid groups is 2. The van der Waals surface area contributed by atoms with E-state index < -0.39 is 97.5 Å². The molecule has 0 aromatic rings. The lowest BCUT2D eigenvalue weighted by molar-refractivity contribution is -0.161. The molecule has 0 aromatic carbocycles. The Kier molecular flexibility index (Phi) is 62.4. The Labute approximate surface area is 562 Å². The maximum atomic E-state index is 13.1. The Morgan fingerprint density at radius 2 is 0.554 bits per heavy atom. The van der Waals surface area contributed by atoms with Gasteiger partial charge in [-0.05, 0) is 43.4 Å². The maximum Gasteiger partial charge on any atom is 0.472 e. The summed E-state index contributed by atoms with van der Waals surface area (Å²) in [6, 6.07) is 0. The van der Waals surface area contributed by atoms with Crippen LogP contribution in [0.4, 0.5) is 0 Å². The lowest BCUT2D eigenvalue weighted by Gasteiger charge is -2.21. The fraction of sp³-hybridized carbons (Fsp3) is 0.945. The molecule has 0 aliphatic rings. The third kappa shape index (κ3) is 65.4. The summed E-state index contributed by atoms with van der Waals surface area (Å²) in [7, 11) is -9.91. The van der Waals surface area contributed by atoms with E-state index in [4.69, 9.17) is 37.0 Å². The van der Waals surface area contributed by atoms with Gasteiger partial charge in [0.05, 0.1) is 26.4 Å². The average Bonchev–Trinajstić information content (AvgIpc) is 1.52. The fourth-order valence-electron chi connectivity index (χ4n) is 11.0. The summed E-state index contributed by atoms with van der Waals surface area (Å²) >= 11 is 0. The molecule has 0 amide bonds. The third-order valence-electron chi connectivity index (χ3n) is 17.2. The van der Waals surface area contributed by atoms with Crippen molar-refractivity contribution in [1.29, 1.82) is 0 Å². The van der Waals surface area contributed by atoms with Crippen molar-refractivity contribution in [2.45, 2.75) is 388 Å². The van der Waals surface area contributed by atoms with Gasteiger partial charge in [-0.25, -0.2) is 9.13 Å². The molecule has 0 spiro atoms. The van der Waals surface area contributed by atoms with E-state index in [0.29, 0.717) is 25.7 Å². The van der Waals surface area contributed by atoms with E-state index in [0.717, 1.165) is 114 Å². The van der Waals surface area contributed by atoms with Crippen molar-refractivity contribution in [1.82, 2.24) is 0 Å². The number of carbonyl (C=O) groups excluding carboxylic acids is 4. The Morgan fingerprint density at radius 3 is 0.826 bits per heavy atom. The van der Waals surface area contributed by atoms with Gasteiger partial charge in [-0.15, -0.1) is 0 Å². The molecule has 0 aromatic heterocycles. The first-order valence-electron chi connectivity index (χ1n) is 37.9. The predicted octanol–water partition coefficient (Wildman–Crippen LogP) is 21.0. The van der Waals surface area contributed by atoms with Crippen molar-refractivity contribution in [3.63, 3.8) is 0 Å². The van der Waals surface area contributed by atoms with Gasteiger partial charge in [-0.1, -0.05) is 318 Å². The van der Waals surface area contributed by atoms with Crippen LogP contribution in [0.25, 0.3) is 0 Å². The molecule has 0 heterocycles. The normalized spacial score (nSPS) is 14.4. The number of aliphatic hydroxyl groups is 1. The first kappa shape index (κ1) is 90.1. The van der Waals surface area contributed by atoms with Gasteiger partial charge in [-0.3, -0.25) is 37.3 Å². The van der Waals surface area contributed by atoms with Gasteiger partial charge in [0.25, 0.3) is 0 Å². The molecule has 0 aliphatic carbocycles. The predicted molar refractivity (Wildman–Crippen MR) is 372 cm³/mol. The summed E-state index contributed by atoms with van der Waals surface area (Å²) < 4.78 is 68.4. The van der Waals surface area contributed by atoms with E-state index in [-0.39, 0.29) is 25.7 Å². The smallest absolute Gasteiger partial charge is 0.462 e. The minimum atomic E-state index is -4.96. The molecule has 17 nitrogen and oxygen atoms in total. The van der Waals surface area contributed by atoms with Crippen molar-refractivity contribution in [3.8, 4) is 0 Å². The zero-order valence-electron chi connectivity index (χ0n) is 60.0. The molecule has 0 bridgehead atoms. The number of aliphatic hydroxyl groups excluding tert-OH is 1. The van der Waals surface area contributed by atoms with Crippen LogP contribution in [-0.2, 0) is 65.4 Å². The number of carbonyl (C=O) groups is 4. The lowest BCUT2D eigenvalue weighted by atomic mass is 10.00. The highest BCUT2D eigenvalue weighted by Crippen LogP contribution is 2.45. The third-order valence-corrected chi connectivity index (χ3v) is 19.1. The van der Waals surface area contributed by atoms with Gasteiger partial charge in [-0.2, -0.15) is 0 Å². The van der Waals surface area contributed by atoms with Crippen molar-refractivity contribution in [2.24, 2.45) is 17.8 Å². The molecule has 92 heavy (non-hydrogen) atoms. The molecule has 3 N–H and O–H groups in total. The molecule has 0 fully saturated rings. The molecule has 19 heteroatoms. The highest BCUT2D eigenvalue weighted by atomic mass is 31.2. The first-order chi connectivity index (χ1) is 44.3. The highest BCUT2D eigenvalue weighted by Gasteiger charge is 2.30. The number of hydrogen-bond acceptors (Lipinski definition) is 15. The summed E-state index contributed by atoms with van der Waals surface area (Å²) in [6.07, 6.45) is 48.5. The zero-order valence-corrected chi connectivity index (χ0v) is 61.8. The van der Waals surface area contributed by atoms with E-state index in [2.05, 4.69) is 48.5 Å². The Bertz CT molecular complexity index is 1800. The zero-order chi connectivity index (χ0) is 68.0. The van der Waals surface area contributed by atoms with Crippen LogP contribution in [0.1, 0.15) is 370 Å². The van der Waals surface area contributed by atoms with Gasteiger partial charge >= 0.3 is 39.5 Å². The van der Waals surface area contributed by atoms with Crippen molar-refractivity contribution in [2.75, 3.05) is 39.6 Å². The summed E-state index contributed by atoms with van der Waals surface area (Å²) in [5, 5.41) is 10.6. The van der Waals surface area contributed by atoms with Crippen LogP contribution < -0.4 is 0 Å². The first-order valence-corrected chi connectivity index (χ1v) is 40.9. The molecule has 0 rings (SSSR count). The van der Waals surface area contributed by atoms with Crippen LogP contribution in [0.5, 0.6) is 0 Å². The van der Waals surface area contributed by atoms with Gasteiger partial charge in [0, 0.05) is 25.7 Å². The van der Waals surface area contributed by atoms with Crippen LogP contribution in [0.2, 0.25) is 0 Å². The quantitative estimate of drug-likeness (QED) is 0.0222. The number of esters is 4. The molecule has 0 radical (unpaired) electrons. The van der Waals surface area contributed by atoms with Crippen molar-refractivity contribution in [3.05, 3.63) is 0 Å². The summed E-state index contributed by atoms with van der Waals surface area (Å²) in [5.41, 5.74) is 0. The second-order valence-corrected chi connectivity index (χ2v) is 30.4. The number of hydrogen-bond donors (Lipinski definition) is 3. The van der Waals surface area contributed by atoms with E-state index in [1.54, 1.807) is 0 Å². The van der Waals surface area contributed by atoms with Crippen molar-refractivity contribution >= 4 is 39.5 Å². The molecular formula is C73H142O17P2. The monoisotopic (exact) mass is 1350 g/mol. The summed E-state index contributed by atoms with van der Waals surface area (Å²) in [6.45, 7) is 11.9. The summed E-state index contributed by atoms with van der Waals surface area (Å²) in [5.74, 6) is 0.167.